The van der Waals surface area contributed by atoms with E-state index in [4.69, 9.17) is 4.74 Å². The summed E-state index contributed by atoms with van der Waals surface area (Å²) >= 11 is 0. The van der Waals surface area contributed by atoms with Crippen molar-refractivity contribution in [2.45, 2.75) is 24.8 Å². The van der Waals surface area contributed by atoms with Gasteiger partial charge in [-0.25, -0.2) is 12.8 Å². The zero-order chi connectivity index (χ0) is 24.1. The zero-order valence-electron chi connectivity index (χ0n) is 18.1. The van der Waals surface area contributed by atoms with Crippen LogP contribution in [-0.2, 0) is 14.8 Å². The van der Waals surface area contributed by atoms with Crippen LogP contribution in [0.1, 0.15) is 19.4 Å². The highest BCUT2D eigenvalue weighted by atomic mass is 32.2. The van der Waals surface area contributed by atoms with Crippen molar-refractivity contribution in [3.05, 3.63) is 96.3 Å². The van der Waals surface area contributed by atoms with Gasteiger partial charge < -0.3 is 9.84 Å². The number of rotatable bonds is 9. The van der Waals surface area contributed by atoms with E-state index < -0.39 is 33.3 Å². The second kappa shape index (κ2) is 9.97. The maximum absolute atomic E-state index is 13.0. The minimum atomic E-state index is -4.14. The Bertz CT molecular complexity index is 1220. The van der Waals surface area contributed by atoms with Crippen molar-refractivity contribution in [2.75, 3.05) is 0 Å². The van der Waals surface area contributed by atoms with Crippen LogP contribution in [0.3, 0.4) is 0 Å². The molecular formula is C25H24FNO5S. The van der Waals surface area contributed by atoms with Gasteiger partial charge in [0.1, 0.15) is 23.4 Å². The zero-order valence-corrected chi connectivity index (χ0v) is 18.9. The van der Waals surface area contributed by atoms with Crippen molar-refractivity contribution in [2.24, 2.45) is 5.41 Å². The van der Waals surface area contributed by atoms with Gasteiger partial charge >= 0.3 is 5.97 Å². The Balaban J connectivity index is 1.76. The molecule has 3 rings (SSSR count). The van der Waals surface area contributed by atoms with Gasteiger partial charge in [-0.3, -0.25) is 4.79 Å². The van der Waals surface area contributed by atoms with E-state index >= 15 is 0 Å². The molecule has 0 spiro atoms. The maximum Gasteiger partial charge on any atom is 0.322 e. The fourth-order valence-electron chi connectivity index (χ4n) is 3.04. The van der Waals surface area contributed by atoms with Crippen molar-refractivity contribution in [3.63, 3.8) is 0 Å². The number of aliphatic carboxylic acids is 1. The lowest BCUT2D eigenvalue weighted by Gasteiger charge is -2.29. The maximum atomic E-state index is 13.0. The lowest BCUT2D eigenvalue weighted by atomic mass is 9.84. The fourth-order valence-corrected chi connectivity index (χ4v) is 4.39. The third-order valence-electron chi connectivity index (χ3n) is 4.95. The third-order valence-corrected chi connectivity index (χ3v) is 6.39. The van der Waals surface area contributed by atoms with Crippen LogP contribution < -0.4 is 9.46 Å². The number of nitrogens with one attached hydrogen (secondary N) is 1. The number of benzene rings is 3. The van der Waals surface area contributed by atoms with Gasteiger partial charge in [0, 0.05) is 5.41 Å². The first-order valence-corrected chi connectivity index (χ1v) is 11.6. The van der Waals surface area contributed by atoms with Crippen LogP contribution in [0.4, 0.5) is 4.39 Å². The summed E-state index contributed by atoms with van der Waals surface area (Å²) in [4.78, 5) is 11.8. The van der Waals surface area contributed by atoms with Crippen molar-refractivity contribution in [1.82, 2.24) is 4.72 Å². The van der Waals surface area contributed by atoms with Crippen LogP contribution in [0.2, 0.25) is 0 Å². The van der Waals surface area contributed by atoms with Gasteiger partial charge in [-0.1, -0.05) is 56.3 Å². The van der Waals surface area contributed by atoms with E-state index in [2.05, 4.69) is 4.72 Å². The SMILES string of the molecule is CC(C)(C=Cc1ccccc1)C(NS(=O)(=O)c1ccc(Oc2ccc(F)cc2)cc1)C(=O)O. The van der Waals surface area contributed by atoms with E-state index in [0.717, 1.165) is 5.56 Å². The predicted molar refractivity (Wildman–Crippen MR) is 124 cm³/mol. The highest BCUT2D eigenvalue weighted by Crippen LogP contribution is 2.27. The number of hydrogen-bond donors (Lipinski definition) is 2. The number of halogens is 1. The van der Waals surface area contributed by atoms with Crippen molar-refractivity contribution in [3.8, 4) is 11.5 Å². The van der Waals surface area contributed by atoms with Crippen LogP contribution >= 0.6 is 0 Å². The van der Waals surface area contributed by atoms with Gasteiger partial charge in [0.2, 0.25) is 10.0 Å². The number of sulfonamides is 1. The van der Waals surface area contributed by atoms with Crippen LogP contribution in [0, 0.1) is 11.2 Å². The molecule has 172 valence electrons. The molecule has 8 heteroatoms. The average Bonchev–Trinajstić information content (AvgIpc) is 2.79. The molecule has 33 heavy (non-hydrogen) atoms. The first-order chi connectivity index (χ1) is 15.6. The normalized spacial score (nSPS) is 13.1. The third kappa shape index (κ3) is 6.50. The molecule has 0 saturated heterocycles. The first-order valence-electron chi connectivity index (χ1n) is 10.1. The number of carboxylic acids is 1. The van der Waals surface area contributed by atoms with Gasteiger partial charge in [-0.15, -0.1) is 0 Å². The summed E-state index contributed by atoms with van der Waals surface area (Å²) in [6.45, 7) is 3.29. The molecular weight excluding hydrogens is 445 g/mol. The Morgan fingerprint density at radius 1 is 0.970 bits per heavy atom. The standard InChI is InChI=1S/C25H24FNO5S/c1-25(2,17-16-18-6-4-3-5-7-18)23(24(28)29)27-33(30,31)22-14-12-21(13-15-22)32-20-10-8-19(26)9-11-20/h3-17,23,27H,1-2H3,(H,28,29). The summed E-state index contributed by atoms with van der Waals surface area (Å²) in [5.74, 6) is -0.952. The summed E-state index contributed by atoms with van der Waals surface area (Å²) in [5, 5.41) is 9.74. The van der Waals surface area contributed by atoms with Gasteiger partial charge in [0.15, 0.2) is 0 Å². The molecule has 0 aliphatic carbocycles. The topological polar surface area (TPSA) is 92.7 Å². The molecule has 1 unspecified atom stereocenters. The summed E-state index contributed by atoms with van der Waals surface area (Å²) in [5.41, 5.74) is -0.158. The highest BCUT2D eigenvalue weighted by molar-refractivity contribution is 7.89. The van der Waals surface area contributed by atoms with E-state index in [1.54, 1.807) is 26.0 Å². The number of hydrogen-bond acceptors (Lipinski definition) is 4. The Kier molecular flexibility index (Phi) is 7.30. The largest absolute Gasteiger partial charge is 0.480 e. The van der Waals surface area contributed by atoms with Crippen molar-refractivity contribution < 1.29 is 27.4 Å². The molecule has 3 aromatic rings. The number of carbonyl (C=O) groups is 1. The molecule has 0 aliphatic heterocycles. The van der Waals surface area contributed by atoms with E-state index in [1.165, 1.54) is 48.5 Å². The summed E-state index contributed by atoms with van der Waals surface area (Å²) < 4.78 is 46.7. The molecule has 0 bridgehead atoms. The Morgan fingerprint density at radius 2 is 1.52 bits per heavy atom. The van der Waals surface area contributed by atoms with E-state index in [-0.39, 0.29) is 4.90 Å². The fraction of sp³-hybridized carbons (Fsp3) is 0.160. The van der Waals surface area contributed by atoms with Gasteiger partial charge in [-0.05, 0) is 54.1 Å². The molecule has 3 aromatic carbocycles. The molecule has 1 atom stereocenters. The molecule has 0 aromatic heterocycles. The minimum absolute atomic E-state index is 0.108. The molecule has 0 radical (unpaired) electrons. The smallest absolute Gasteiger partial charge is 0.322 e. The van der Waals surface area contributed by atoms with Gasteiger partial charge in [-0.2, -0.15) is 4.72 Å². The molecule has 0 aliphatic rings. The highest BCUT2D eigenvalue weighted by Gasteiger charge is 2.37. The van der Waals surface area contributed by atoms with Gasteiger partial charge in [0.05, 0.1) is 4.90 Å². The van der Waals surface area contributed by atoms with Crippen LogP contribution in [0.25, 0.3) is 6.08 Å². The first kappa shape index (κ1) is 24.2. The summed E-state index contributed by atoms with van der Waals surface area (Å²) in [6, 6.07) is 18.8. The Morgan fingerprint density at radius 3 is 2.06 bits per heavy atom. The van der Waals surface area contributed by atoms with Crippen molar-refractivity contribution >= 4 is 22.1 Å². The average molecular weight is 470 g/mol. The summed E-state index contributed by atoms with van der Waals surface area (Å²) in [7, 11) is -4.14. The van der Waals surface area contributed by atoms with Crippen LogP contribution in [0.5, 0.6) is 11.5 Å². The Hall–Kier alpha value is -3.49. The van der Waals surface area contributed by atoms with E-state index in [0.29, 0.717) is 11.5 Å². The van der Waals surface area contributed by atoms with E-state index in [1.807, 2.05) is 30.3 Å². The molecule has 2 N–H and O–H groups in total. The number of ether oxygens (including phenoxy) is 1. The van der Waals surface area contributed by atoms with Crippen LogP contribution in [-0.4, -0.2) is 25.5 Å². The quantitative estimate of drug-likeness (QED) is 0.455. The predicted octanol–water partition coefficient (Wildman–Crippen LogP) is 5.09. The summed E-state index contributed by atoms with van der Waals surface area (Å²) in [6.07, 6.45) is 3.43. The lowest BCUT2D eigenvalue weighted by Crippen LogP contribution is -2.49. The molecule has 0 heterocycles. The monoisotopic (exact) mass is 469 g/mol. The van der Waals surface area contributed by atoms with Gasteiger partial charge in [0.25, 0.3) is 0 Å². The lowest BCUT2D eigenvalue weighted by molar-refractivity contribution is -0.141. The van der Waals surface area contributed by atoms with Crippen LogP contribution in [0.15, 0.2) is 89.8 Å². The second-order valence-electron chi connectivity index (χ2n) is 7.99. The molecule has 6 nitrogen and oxygen atoms in total. The van der Waals surface area contributed by atoms with E-state index in [9.17, 15) is 22.7 Å². The number of carboxylic acid groups (broad SMARTS) is 1. The molecule has 0 saturated carbocycles. The minimum Gasteiger partial charge on any atom is -0.480 e. The van der Waals surface area contributed by atoms with Crippen molar-refractivity contribution in [1.29, 1.82) is 0 Å². The molecule has 0 fully saturated rings. The second-order valence-corrected chi connectivity index (χ2v) is 9.70. The molecule has 0 amide bonds. The Labute approximate surface area is 192 Å².